The van der Waals surface area contributed by atoms with Crippen LogP contribution in [0.1, 0.15) is 30.4 Å². The number of phenolic OH excluding ortho intramolecular Hbond substituents is 3. The summed E-state index contributed by atoms with van der Waals surface area (Å²) >= 11 is 0. The fourth-order valence-electron chi connectivity index (χ4n) is 7.94. The number of benzene rings is 2. The summed E-state index contributed by atoms with van der Waals surface area (Å²) in [6, 6.07) is 4.62. The maximum Gasteiger partial charge on any atom is 0.340 e. The van der Waals surface area contributed by atoms with E-state index in [4.69, 9.17) is 29.1 Å². The highest BCUT2D eigenvalue weighted by Crippen LogP contribution is 2.51. The first kappa shape index (κ1) is 44.3. The zero-order valence-corrected chi connectivity index (χ0v) is 32.8. The number of aliphatic carboxylic acids is 1. The van der Waals surface area contributed by atoms with Gasteiger partial charge in [-0.2, -0.15) is 0 Å². The molecule has 12 atom stereocenters. The molecular weight excluding hydrogens is 826 g/mol. The second-order valence-corrected chi connectivity index (χ2v) is 15.0. The number of fused-ring (bicyclic) bond motifs is 2. The molecule has 4 aliphatic heterocycles. The Kier molecular flexibility index (Phi) is 12.0. The third-order valence-corrected chi connectivity index (χ3v) is 11.3. The fourth-order valence-corrected chi connectivity index (χ4v) is 7.94. The third-order valence-electron chi connectivity index (χ3n) is 11.3. The lowest BCUT2D eigenvalue weighted by atomic mass is 9.84. The van der Waals surface area contributed by atoms with Crippen molar-refractivity contribution in [3.05, 3.63) is 80.8 Å². The van der Waals surface area contributed by atoms with Crippen LogP contribution in [0.25, 0.3) is 22.3 Å². The first-order valence-electron chi connectivity index (χ1n) is 19.2. The van der Waals surface area contributed by atoms with Gasteiger partial charge in [0.15, 0.2) is 35.2 Å². The molecular formula is C40H45N3O19. The van der Waals surface area contributed by atoms with E-state index in [-0.39, 0.29) is 51.3 Å². The molecule has 7 rings (SSSR count). The highest BCUT2D eigenvalue weighted by atomic mass is 16.8. The Labute approximate surface area is 349 Å². The average Bonchev–Trinajstić information content (AvgIpc) is 3.37. The van der Waals surface area contributed by atoms with Crippen LogP contribution < -0.4 is 26.5 Å². The molecule has 3 aromatic rings. The number of carboxylic acid groups (broad SMARTS) is 1. The van der Waals surface area contributed by atoms with E-state index < -0.39 is 114 Å². The van der Waals surface area contributed by atoms with E-state index in [0.29, 0.717) is 17.6 Å². The van der Waals surface area contributed by atoms with Crippen molar-refractivity contribution in [3.63, 3.8) is 0 Å². The number of nitrogens with two attached hydrogens (primary N) is 1. The Balaban J connectivity index is 1.40. The summed E-state index contributed by atoms with van der Waals surface area (Å²) in [5.74, 6) is -9.70. The van der Waals surface area contributed by atoms with Crippen molar-refractivity contribution in [1.29, 1.82) is 0 Å². The molecule has 334 valence electrons. The molecule has 2 saturated heterocycles. The van der Waals surface area contributed by atoms with Gasteiger partial charge in [0.05, 0.1) is 11.9 Å². The molecule has 0 saturated carbocycles. The number of carboxylic acids is 1. The number of aliphatic hydroxyl groups is 7. The molecule has 1 spiro atoms. The number of aromatic hydroxyl groups is 3. The van der Waals surface area contributed by atoms with Gasteiger partial charge < -0.3 is 95.9 Å². The highest BCUT2D eigenvalue weighted by Gasteiger charge is 2.62. The Bertz CT molecular complexity index is 2430. The summed E-state index contributed by atoms with van der Waals surface area (Å²) < 4.78 is 28.8. The van der Waals surface area contributed by atoms with E-state index in [0.717, 1.165) is 18.2 Å². The van der Waals surface area contributed by atoms with E-state index in [2.05, 4.69) is 10.6 Å². The normalized spacial score (nSPS) is 32.0. The largest absolute Gasteiger partial charge is 0.507 e. The molecule has 2 fully saturated rings. The molecule has 2 aromatic carbocycles. The molecule has 1 aromatic heterocycles. The second-order valence-electron chi connectivity index (χ2n) is 15.0. The highest BCUT2D eigenvalue weighted by molar-refractivity contribution is 5.89. The van der Waals surface area contributed by atoms with Crippen LogP contribution in [0.4, 0.5) is 0 Å². The molecule has 0 radical (unpaired) electrons. The van der Waals surface area contributed by atoms with Gasteiger partial charge in [0, 0.05) is 54.6 Å². The van der Waals surface area contributed by atoms with Crippen molar-refractivity contribution in [2.75, 3.05) is 13.7 Å². The number of hydrogen-bond acceptors (Lipinski definition) is 21. The number of dihydropyridines is 1. The number of allylic oxidation sites excluding steroid dienone is 3. The number of carbonyl (C=O) groups is 2. The Hall–Kier alpha value is -5.79. The van der Waals surface area contributed by atoms with Gasteiger partial charge in [-0.1, -0.05) is 13.0 Å². The summed E-state index contributed by atoms with van der Waals surface area (Å²) in [4.78, 5) is 39.4. The summed E-state index contributed by atoms with van der Waals surface area (Å²) in [6.07, 6.45) is -15.9. The third kappa shape index (κ3) is 7.38. The molecule has 0 amide bonds. The Morgan fingerprint density at radius 3 is 2.32 bits per heavy atom. The summed E-state index contributed by atoms with van der Waals surface area (Å²) in [5.41, 5.74) is 6.04. The minimum atomic E-state index is -2.76. The molecule has 22 nitrogen and oxygen atoms in total. The predicted molar refractivity (Wildman–Crippen MR) is 208 cm³/mol. The number of aliphatic hydroxyl groups excluding tert-OH is 7. The molecule has 22 heteroatoms. The van der Waals surface area contributed by atoms with E-state index in [1.54, 1.807) is 6.08 Å². The van der Waals surface area contributed by atoms with Gasteiger partial charge in [-0.25, -0.2) is 9.59 Å². The molecule has 12 unspecified atom stereocenters. The Morgan fingerprint density at radius 2 is 1.66 bits per heavy atom. The smallest absolute Gasteiger partial charge is 0.340 e. The maximum absolute atomic E-state index is 13.9. The molecule has 62 heavy (non-hydrogen) atoms. The maximum atomic E-state index is 13.9. The van der Waals surface area contributed by atoms with Crippen LogP contribution in [0.3, 0.4) is 0 Å². The number of esters is 1. The molecule has 0 aliphatic carbocycles. The minimum Gasteiger partial charge on any atom is -0.507 e. The van der Waals surface area contributed by atoms with Crippen LogP contribution in [-0.2, 0) is 30.2 Å². The predicted octanol–water partition coefficient (Wildman–Crippen LogP) is -2.59. The zero-order valence-electron chi connectivity index (χ0n) is 32.8. The lowest BCUT2D eigenvalue weighted by Crippen LogP contribution is -2.70. The van der Waals surface area contributed by atoms with Gasteiger partial charge in [0.2, 0.25) is 6.29 Å². The summed E-state index contributed by atoms with van der Waals surface area (Å²) in [7, 11) is 1.35. The Morgan fingerprint density at radius 1 is 0.952 bits per heavy atom. The fraction of sp³-hybridized carbons (Fsp3) is 0.425. The summed E-state index contributed by atoms with van der Waals surface area (Å²) in [6.45, 7) is 1.44. The quantitative estimate of drug-likeness (QED) is 0.0775. The number of rotatable bonds is 9. The first-order chi connectivity index (χ1) is 29.4. The molecule has 5 heterocycles. The lowest BCUT2D eigenvalue weighted by Gasteiger charge is -2.48. The minimum absolute atomic E-state index is 0.0758. The number of hydrogen-bond donors (Lipinski definition) is 14. The van der Waals surface area contributed by atoms with E-state index in [9.17, 15) is 70.6 Å². The number of ether oxygens (including phenoxy) is 4. The van der Waals surface area contributed by atoms with Crippen molar-refractivity contribution < 1.29 is 89.1 Å². The van der Waals surface area contributed by atoms with Gasteiger partial charge in [-0.3, -0.25) is 4.79 Å². The topological polar surface area (TPSA) is 374 Å². The van der Waals surface area contributed by atoms with Crippen molar-refractivity contribution in [2.24, 2.45) is 5.73 Å². The van der Waals surface area contributed by atoms with Crippen molar-refractivity contribution in [2.45, 2.75) is 92.8 Å². The monoisotopic (exact) mass is 871 g/mol. The van der Waals surface area contributed by atoms with Crippen LogP contribution in [-0.4, -0.2) is 149 Å². The van der Waals surface area contributed by atoms with Crippen LogP contribution in [0.2, 0.25) is 0 Å². The molecule has 0 bridgehead atoms. The zero-order chi connectivity index (χ0) is 45.1. The van der Waals surface area contributed by atoms with E-state index >= 15 is 0 Å². The van der Waals surface area contributed by atoms with Crippen LogP contribution in [0.5, 0.6) is 23.0 Å². The van der Waals surface area contributed by atoms with Crippen LogP contribution in [0.15, 0.2) is 68.7 Å². The van der Waals surface area contributed by atoms with Crippen molar-refractivity contribution in [3.8, 4) is 34.3 Å². The number of carbonyl (C=O) groups excluding carboxylic acids is 1. The van der Waals surface area contributed by atoms with E-state index in [1.165, 1.54) is 25.4 Å². The van der Waals surface area contributed by atoms with Gasteiger partial charge in [0.1, 0.15) is 58.7 Å². The standard InChI is InChI=1S/C40H45N3O19/c1-3-13-6-16(12-43-36(13)41)17-9-23(42-2)40(35(54)31(52)30(51)34(62-40)38(57)60-39-32(53)28(49)29(50)33(59-39)37(55)56)61-22-11-21-25(27(48)24(17)22)18(45)10-20(58-21)15-7-14(4-5-44)26(47)19(46)8-15/h6-12,17,28-36,39,42-44,46-54H,3-5,41H2,1-2H3,(H,55,56). The summed E-state index contributed by atoms with van der Waals surface area (Å²) in [5, 5.41) is 123. The van der Waals surface area contributed by atoms with Gasteiger partial charge in [-0.15, -0.1) is 0 Å². The first-order valence-corrected chi connectivity index (χ1v) is 19.2. The van der Waals surface area contributed by atoms with E-state index in [1.807, 2.05) is 6.92 Å². The van der Waals surface area contributed by atoms with Gasteiger partial charge >= 0.3 is 11.9 Å². The molecule has 15 N–H and O–H groups in total. The molecule has 4 aliphatic rings. The second kappa shape index (κ2) is 16.8. The van der Waals surface area contributed by atoms with Gasteiger partial charge in [-0.05, 0) is 42.2 Å². The van der Waals surface area contributed by atoms with Crippen LogP contribution in [0, 0.1) is 0 Å². The van der Waals surface area contributed by atoms with Crippen molar-refractivity contribution in [1.82, 2.24) is 10.6 Å². The van der Waals surface area contributed by atoms with Crippen LogP contribution >= 0.6 is 0 Å². The van der Waals surface area contributed by atoms with Gasteiger partial charge in [0.25, 0.3) is 5.79 Å². The number of likely N-dealkylation sites (N-methyl/N-ethyl adjacent to an activating group) is 1. The average molecular weight is 872 g/mol. The SMILES string of the molecule is CCC1=CC(C2C=C(NC)C3(Oc4cc5oc(-c6cc(O)c(O)c(CCO)c6)cc(=O)c5c(O)c42)OC(C(=O)OC2OC(C(=O)O)C(O)C(O)C2O)C(O)C(O)C3O)=CNC1N. The lowest BCUT2D eigenvalue weighted by molar-refractivity contribution is -0.325. The van der Waals surface area contributed by atoms with Crippen molar-refractivity contribution >= 4 is 22.9 Å². The number of nitrogens with one attached hydrogen (secondary N) is 2. The number of phenols is 3.